The van der Waals surface area contributed by atoms with Gasteiger partial charge in [-0.15, -0.1) is 0 Å². The minimum absolute atomic E-state index is 0.0824. The number of nitrogens with two attached hydrogens (primary N) is 1. The lowest BCUT2D eigenvalue weighted by Crippen LogP contribution is -2.41. The van der Waals surface area contributed by atoms with Crippen molar-refractivity contribution in [3.8, 4) is 11.5 Å². The second kappa shape index (κ2) is 3.74. The maximum atomic E-state index is 9.39. The maximum Gasteiger partial charge on any atom is 0.126 e. The molecule has 0 amide bonds. The number of aromatic hydroxyl groups is 1. The number of hydrogen-bond acceptors (Lipinski definition) is 3. The zero-order valence-electron chi connectivity index (χ0n) is 8.99. The zero-order chi connectivity index (χ0) is 10.9. The fraction of sp³-hybridized carbons (Fsp3) is 0.500. The fourth-order valence-electron chi connectivity index (χ4n) is 2.31. The number of hydrogen-bond donors (Lipinski definition) is 2. The highest BCUT2D eigenvalue weighted by Gasteiger charge is 2.39. The minimum Gasteiger partial charge on any atom is -0.508 e. The Balaban J connectivity index is 2.42. The van der Waals surface area contributed by atoms with Gasteiger partial charge in [0.2, 0.25) is 0 Å². The first kappa shape index (κ1) is 10.3. The van der Waals surface area contributed by atoms with Gasteiger partial charge >= 0.3 is 0 Å². The highest BCUT2D eigenvalue weighted by molar-refractivity contribution is 5.45. The Hall–Kier alpha value is -1.22. The fourth-order valence-corrected chi connectivity index (χ4v) is 2.31. The van der Waals surface area contributed by atoms with Gasteiger partial charge in [-0.3, -0.25) is 0 Å². The van der Waals surface area contributed by atoms with Crippen LogP contribution in [-0.4, -0.2) is 18.8 Å². The van der Waals surface area contributed by atoms with Crippen LogP contribution in [0.15, 0.2) is 18.2 Å². The summed E-state index contributed by atoms with van der Waals surface area (Å²) in [4.78, 5) is 0. The lowest BCUT2D eigenvalue weighted by atomic mass is 9.64. The molecule has 1 aromatic carbocycles. The van der Waals surface area contributed by atoms with Gasteiger partial charge in [-0.05, 0) is 18.9 Å². The summed E-state index contributed by atoms with van der Waals surface area (Å²) >= 11 is 0. The quantitative estimate of drug-likeness (QED) is 0.794. The molecule has 1 aliphatic rings. The number of phenolic OH excluding ortho intramolecular Hbond substituents is 1. The van der Waals surface area contributed by atoms with Crippen LogP contribution >= 0.6 is 0 Å². The van der Waals surface area contributed by atoms with Crippen LogP contribution in [0.5, 0.6) is 11.5 Å². The van der Waals surface area contributed by atoms with Crippen molar-refractivity contribution in [3.63, 3.8) is 0 Å². The van der Waals surface area contributed by atoms with Crippen LogP contribution in [0.1, 0.15) is 24.8 Å². The summed E-state index contributed by atoms with van der Waals surface area (Å²) < 4.78 is 5.29. The standard InChI is InChI=1S/C12H17NO2/c1-15-11-7-9(14)3-4-10(11)12(8-13)5-2-6-12/h3-4,7,14H,2,5-6,8,13H2,1H3. The van der Waals surface area contributed by atoms with Gasteiger partial charge in [0.25, 0.3) is 0 Å². The van der Waals surface area contributed by atoms with E-state index in [1.54, 1.807) is 19.2 Å². The Labute approximate surface area is 89.9 Å². The van der Waals surface area contributed by atoms with Gasteiger partial charge in [-0.2, -0.15) is 0 Å². The molecule has 0 bridgehead atoms. The average molecular weight is 207 g/mol. The molecule has 0 unspecified atom stereocenters. The average Bonchev–Trinajstić information content (AvgIpc) is 2.19. The molecule has 0 saturated heterocycles. The molecule has 1 saturated carbocycles. The van der Waals surface area contributed by atoms with Gasteiger partial charge < -0.3 is 15.6 Å². The molecule has 3 heteroatoms. The molecule has 1 aromatic rings. The predicted molar refractivity (Wildman–Crippen MR) is 59.2 cm³/mol. The van der Waals surface area contributed by atoms with Crippen molar-refractivity contribution < 1.29 is 9.84 Å². The molecule has 0 aromatic heterocycles. The molecular weight excluding hydrogens is 190 g/mol. The van der Waals surface area contributed by atoms with E-state index >= 15 is 0 Å². The Morgan fingerprint density at radius 3 is 2.67 bits per heavy atom. The molecule has 0 spiro atoms. The topological polar surface area (TPSA) is 55.5 Å². The van der Waals surface area contributed by atoms with Crippen molar-refractivity contribution in [2.24, 2.45) is 5.73 Å². The van der Waals surface area contributed by atoms with Gasteiger partial charge in [-0.25, -0.2) is 0 Å². The summed E-state index contributed by atoms with van der Waals surface area (Å²) in [6.45, 7) is 0.647. The number of methoxy groups -OCH3 is 1. The van der Waals surface area contributed by atoms with E-state index in [-0.39, 0.29) is 11.2 Å². The van der Waals surface area contributed by atoms with Crippen LogP contribution in [-0.2, 0) is 5.41 Å². The number of benzene rings is 1. The first-order valence-electron chi connectivity index (χ1n) is 5.29. The molecule has 0 atom stereocenters. The third kappa shape index (κ3) is 1.57. The third-order valence-corrected chi connectivity index (χ3v) is 3.46. The third-order valence-electron chi connectivity index (χ3n) is 3.46. The summed E-state index contributed by atoms with van der Waals surface area (Å²) in [6.07, 6.45) is 3.45. The van der Waals surface area contributed by atoms with E-state index in [0.29, 0.717) is 6.54 Å². The van der Waals surface area contributed by atoms with Crippen molar-refractivity contribution in [2.45, 2.75) is 24.7 Å². The van der Waals surface area contributed by atoms with Crippen LogP contribution in [0, 0.1) is 0 Å². The van der Waals surface area contributed by atoms with Gasteiger partial charge in [0.05, 0.1) is 7.11 Å². The molecule has 1 aliphatic carbocycles. The molecule has 0 aliphatic heterocycles. The molecule has 82 valence electrons. The van der Waals surface area contributed by atoms with Crippen molar-refractivity contribution in [3.05, 3.63) is 23.8 Å². The van der Waals surface area contributed by atoms with Crippen molar-refractivity contribution in [1.82, 2.24) is 0 Å². The van der Waals surface area contributed by atoms with E-state index < -0.39 is 0 Å². The van der Waals surface area contributed by atoms with Crippen LogP contribution < -0.4 is 10.5 Å². The molecule has 1 fully saturated rings. The van der Waals surface area contributed by atoms with E-state index in [1.165, 1.54) is 6.42 Å². The van der Waals surface area contributed by atoms with Gasteiger partial charge in [0.1, 0.15) is 11.5 Å². The van der Waals surface area contributed by atoms with Gasteiger partial charge in [0, 0.05) is 23.6 Å². The Kier molecular flexibility index (Phi) is 2.57. The summed E-state index contributed by atoms with van der Waals surface area (Å²) in [5.74, 6) is 0.988. The van der Waals surface area contributed by atoms with E-state index in [2.05, 4.69) is 0 Å². The number of ether oxygens (including phenoxy) is 1. The maximum absolute atomic E-state index is 9.39. The first-order chi connectivity index (χ1) is 7.22. The van der Waals surface area contributed by atoms with E-state index in [1.807, 2.05) is 6.07 Å². The van der Waals surface area contributed by atoms with Gasteiger partial charge in [-0.1, -0.05) is 12.5 Å². The second-order valence-corrected chi connectivity index (χ2v) is 4.22. The predicted octanol–water partition coefficient (Wildman–Crippen LogP) is 1.78. The molecule has 2 rings (SSSR count). The Bertz CT molecular complexity index is 353. The normalized spacial score (nSPS) is 18.3. The minimum atomic E-state index is 0.0824. The van der Waals surface area contributed by atoms with Gasteiger partial charge in [0.15, 0.2) is 0 Å². The van der Waals surface area contributed by atoms with E-state index in [9.17, 15) is 5.11 Å². The lowest BCUT2D eigenvalue weighted by molar-refractivity contribution is 0.243. The van der Waals surface area contributed by atoms with Crippen LogP contribution in [0.3, 0.4) is 0 Å². The Morgan fingerprint density at radius 1 is 1.47 bits per heavy atom. The molecule has 3 N–H and O–H groups in total. The molecule has 3 nitrogen and oxygen atoms in total. The zero-order valence-corrected chi connectivity index (χ0v) is 8.99. The van der Waals surface area contributed by atoms with Crippen LogP contribution in [0.4, 0.5) is 0 Å². The summed E-state index contributed by atoms with van der Waals surface area (Å²) in [7, 11) is 1.63. The monoisotopic (exact) mass is 207 g/mol. The van der Waals surface area contributed by atoms with Crippen LogP contribution in [0.2, 0.25) is 0 Å². The first-order valence-corrected chi connectivity index (χ1v) is 5.29. The van der Waals surface area contributed by atoms with Crippen molar-refractivity contribution >= 4 is 0 Å². The summed E-state index contributed by atoms with van der Waals surface area (Å²) in [5.41, 5.74) is 7.06. The summed E-state index contributed by atoms with van der Waals surface area (Å²) in [5, 5.41) is 9.39. The largest absolute Gasteiger partial charge is 0.508 e. The van der Waals surface area contributed by atoms with Crippen LogP contribution in [0.25, 0.3) is 0 Å². The lowest BCUT2D eigenvalue weighted by Gasteiger charge is -2.42. The SMILES string of the molecule is COc1cc(O)ccc1C1(CN)CCC1. The van der Waals surface area contributed by atoms with E-state index in [4.69, 9.17) is 10.5 Å². The summed E-state index contributed by atoms with van der Waals surface area (Å²) in [6, 6.07) is 5.29. The van der Waals surface area contributed by atoms with E-state index in [0.717, 1.165) is 24.2 Å². The molecular formula is C12H17NO2. The highest BCUT2D eigenvalue weighted by atomic mass is 16.5. The molecule has 0 radical (unpaired) electrons. The van der Waals surface area contributed by atoms with Crippen molar-refractivity contribution in [1.29, 1.82) is 0 Å². The number of phenols is 1. The van der Waals surface area contributed by atoms with Crippen molar-refractivity contribution in [2.75, 3.05) is 13.7 Å². The smallest absolute Gasteiger partial charge is 0.126 e. The highest BCUT2D eigenvalue weighted by Crippen LogP contribution is 2.46. The Morgan fingerprint density at radius 2 is 2.20 bits per heavy atom. The molecule has 15 heavy (non-hydrogen) atoms. The number of rotatable bonds is 3. The molecule has 0 heterocycles. The second-order valence-electron chi connectivity index (χ2n) is 4.22.